The highest BCUT2D eigenvalue weighted by atomic mass is 35.5. The van der Waals surface area contributed by atoms with E-state index in [9.17, 15) is 5.11 Å². The Morgan fingerprint density at radius 3 is 2.88 bits per heavy atom. The van der Waals surface area contributed by atoms with E-state index in [4.69, 9.17) is 11.6 Å². The van der Waals surface area contributed by atoms with Crippen LogP contribution < -0.4 is 0 Å². The molecule has 0 saturated carbocycles. The van der Waals surface area contributed by atoms with Crippen LogP contribution in [0.5, 0.6) is 5.75 Å². The van der Waals surface area contributed by atoms with E-state index in [1.807, 2.05) is 12.1 Å². The topological polar surface area (TPSA) is 23.5 Å². The number of para-hydroxylation sites is 1. The van der Waals surface area contributed by atoms with Gasteiger partial charge in [0.1, 0.15) is 5.75 Å². The fourth-order valence-electron chi connectivity index (χ4n) is 2.60. The molecule has 1 heterocycles. The summed E-state index contributed by atoms with van der Waals surface area (Å²) in [7, 11) is 0. The molecule has 2 atom stereocenters. The Hall–Kier alpha value is -0.730. The van der Waals surface area contributed by atoms with Gasteiger partial charge in [0.15, 0.2) is 0 Å². The largest absolute Gasteiger partial charge is 0.506 e. The SMILES string of the molecule is CC1CCN(Cc2cccc(Cl)c2O)C(C)C1. The van der Waals surface area contributed by atoms with Gasteiger partial charge in [-0.15, -0.1) is 0 Å². The molecule has 94 valence electrons. The molecule has 0 bridgehead atoms. The number of piperidine rings is 1. The number of halogens is 1. The van der Waals surface area contributed by atoms with Gasteiger partial charge >= 0.3 is 0 Å². The number of hydrogen-bond acceptors (Lipinski definition) is 2. The maximum Gasteiger partial charge on any atom is 0.138 e. The zero-order chi connectivity index (χ0) is 12.4. The highest BCUT2D eigenvalue weighted by Gasteiger charge is 2.23. The Kier molecular flexibility index (Phi) is 3.95. The summed E-state index contributed by atoms with van der Waals surface area (Å²) in [4.78, 5) is 2.42. The third-order valence-electron chi connectivity index (χ3n) is 3.72. The average Bonchev–Trinajstić information content (AvgIpc) is 2.28. The number of likely N-dealkylation sites (tertiary alicyclic amines) is 1. The molecule has 0 radical (unpaired) electrons. The molecule has 1 fully saturated rings. The summed E-state index contributed by atoms with van der Waals surface area (Å²) in [5, 5.41) is 10.4. The van der Waals surface area contributed by atoms with Crippen LogP contribution in [0.1, 0.15) is 32.3 Å². The lowest BCUT2D eigenvalue weighted by Gasteiger charge is -2.36. The molecule has 3 heteroatoms. The summed E-state index contributed by atoms with van der Waals surface area (Å²) in [6.07, 6.45) is 2.48. The van der Waals surface area contributed by atoms with Crippen LogP contribution in [0.3, 0.4) is 0 Å². The normalized spacial score (nSPS) is 26.1. The fourth-order valence-corrected chi connectivity index (χ4v) is 2.79. The van der Waals surface area contributed by atoms with Crippen molar-refractivity contribution in [2.45, 2.75) is 39.3 Å². The second-order valence-corrected chi connectivity index (χ2v) is 5.60. The Labute approximate surface area is 108 Å². The second-order valence-electron chi connectivity index (χ2n) is 5.20. The van der Waals surface area contributed by atoms with Crippen LogP contribution >= 0.6 is 11.6 Å². The first-order chi connectivity index (χ1) is 8.08. The molecule has 2 nitrogen and oxygen atoms in total. The van der Waals surface area contributed by atoms with Crippen molar-refractivity contribution < 1.29 is 5.11 Å². The van der Waals surface area contributed by atoms with E-state index in [1.54, 1.807) is 6.07 Å². The molecule has 1 saturated heterocycles. The van der Waals surface area contributed by atoms with E-state index < -0.39 is 0 Å². The van der Waals surface area contributed by atoms with Gasteiger partial charge in [-0.1, -0.05) is 30.7 Å². The van der Waals surface area contributed by atoms with Crippen LogP contribution in [-0.2, 0) is 6.54 Å². The highest BCUT2D eigenvalue weighted by molar-refractivity contribution is 6.32. The van der Waals surface area contributed by atoms with Gasteiger partial charge in [-0.2, -0.15) is 0 Å². The summed E-state index contributed by atoms with van der Waals surface area (Å²) in [6, 6.07) is 6.15. The monoisotopic (exact) mass is 253 g/mol. The molecule has 1 aliphatic rings. The van der Waals surface area contributed by atoms with Crippen molar-refractivity contribution >= 4 is 11.6 Å². The number of benzene rings is 1. The third-order valence-corrected chi connectivity index (χ3v) is 4.02. The number of phenols is 1. The van der Waals surface area contributed by atoms with Crippen LogP contribution in [0.2, 0.25) is 5.02 Å². The predicted octanol–water partition coefficient (Wildman–Crippen LogP) is 3.67. The standard InChI is InChI=1S/C14H20ClNO/c1-10-6-7-16(11(2)8-10)9-12-4-3-5-13(15)14(12)17/h3-5,10-11,17H,6-9H2,1-2H3. The van der Waals surface area contributed by atoms with Gasteiger partial charge < -0.3 is 5.11 Å². The Morgan fingerprint density at radius 2 is 2.18 bits per heavy atom. The summed E-state index contributed by atoms with van der Waals surface area (Å²) >= 11 is 5.92. The van der Waals surface area contributed by atoms with Gasteiger partial charge in [0.05, 0.1) is 5.02 Å². The summed E-state index contributed by atoms with van der Waals surface area (Å²) < 4.78 is 0. The van der Waals surface area contributed by atoms with Crippen molar-refractivity contribution in [3.05, 3.63) is 28.8 Å². The second kappa shape index (κ2) is 5.28. The van der Waals surface area contributed by atoms with Crippen LogP contribution in [0.15, 0.2) is 18.2 Å². The molecule has 1 aromatic carbocycles. The zero-order valence-corrected chi connectivity index (χ0v) is 11.2. The van der Waals surface area contributed by atoms with Crippen molar-refractivity contribution in [1.82, 2.24) is 4.90 Å². The Bertz CT molecular complexity index is 394. The lowest BCUT2D eigenvalue weighted by molar-refractivity contribution is 0.121. The van der Waals surface area contributed by atoms with Gasteiger partial charge in [-0.25, -0.2) is 0 Å². The zero-order valence-electron chi connectivity index (χ0n) is 10.5. The van der Waals surface area contributed by atoms with Gasteiger partial charge in [-0.3, -0.25) is 4.90 Å². The van der Waals surface area contributed by atoms with Crippen LogP contribution in [0.25, 0.3) is 0 Å². The highest BCUT2D eigenvalue weighted by Crippen LogP contribution is 2.30. The smallest absolute Gasteiger partial charge is 0.138 e. The summed E-state index contributed by atoms with van der Waals surface area (Å²) in [5.74, 6) is 1.05. The molecule has 2 rings (SSSR count). The minimum Gasteiger partial charge on any atom is -0.506 e. The predicted molar refractivity (Wildman–Crippen MR) is 71.4 cm³/mol. The molecule has 0 aromatic heterocycles. The number of nitrogens with zero attached hydrogens (tertiary/aromatic N) is 1. The van der Waals surface area contributed by atoms with Crippen molar-refractivity contribution in [2.75, 3.05) is 6.54 Å². The molecule has 1 aliphatic heterocycles. The molecule has 2 unspecified atom stereocenters. The Morgan fingerprint density at radius 1 is 1.41 bits per heavy atom. The van der Waals surface area contributed by atoms with Crippen LogP contribution in [0, 0.1) is 5.92 Å². The lowest BCUT2D eigenvalue weighted by Crippen LogP contribution is -2.39. The van der Waals surface area contributed by atoms with E-state index in [0.29, 0.717) is 11.1 Å². The Balaban J connectivity index is 2.08. The number of rotatable bonds is 2. The molecular weight excluding hydrogens is 234 g/mol. The minimum atomic E-state index is 0.236. The van der Waals surface area contributed by atoms with E-state index in [-0.39, 0.29) is 5.75 Å². The van der Waals surface area contributed by atoms with Gasteiger partial charge in [0.2, 0.25) is 0 Å². The molecule has 0 aliphatic carbocycles. The molecule has 0 amide bonds. The van der Waals surface area contributed by atoms with Crippen molar-refractivity contribution in [1.29, 1.82) is 0 Å². The summed E-state index contributed by atoms with van der Waals surface area (Å²) in [5.41, 5.74) is 0.930. The van der Waals surface area contributed by atoms with Crippen LogP contribution in [0.4, 0.5) is 0 Å². The maximum atomic E-state index is 9.91. The summed E-state index contributed by atoms with van der Waals surface area (Å²) in [6.45, 7) is 6.47. The number of hydrogen-bond donors (Lipinski definition) is 1. The van der Waals surface area contributed by atoms with E-state index in [2.05, 4.69) is 18.7 Å². The molecule has 17 heavy (non-hydrogen) atoms. The number of aromatic hydroxyl groups is 1. The van der Waals surface area contributed by atoms with Crippen molar-refractivity contribution in [3.63, 3.8) is 0 Å². The lowest BCUT2D eigenvalue weighted by atomic mass is 9.93. The molecule has 0 spiro atoms. The van der Waals surface area contributed by atoms with Gasteiger partial charge in [0.25, 0.3) is 0 Å². The average molecular weight is 254 g/mol. The fraction of sp³-hybridized carbons (Fsp3) is 0.571. The third kappa shape index (κ3) is 2.93. The molecule has 1 aromatic rings. The van der Waals surface area contributed by atoms with E-state index in [1.165, 1.54) is 12.8 Å². The first-order valence-electron chi connectivity index (χ1n) is 6.28. The van der Waals surface area contributed by atoms with Gasteiger partial charge in [0, 0.05) is 18.2 Å². The maximum absolute atomic E-state index is 9.91. The van der Waals surface area contributed by atoms with E-state index >= 15 is 0 Å². The van der Waals surface area contributed by atoms with Crippen LogP contribution in [-0.4, -0.2) is 22.6 Å². The van der Waals surface area contributed by atoms with Crippen molar-refractivity contribution in [2.24, 2.45) is 5.92 Å². The first-order valence-corrected chi connectivity index (χ1v) is 6.66. The molecular formula is C14H20ClNO. The van der Waals surface area contributed by atoms with Gasteiger partial charge in [-0.05, 0) is 38.3 Å². The minimum absolute atomic E-state index is 0.236. The van der Waals surface area contributed by atoms with Crippen molar-refractivity contribution in [3.8, 4) is 5.75 Å². The van der Waals surface area contributed by atoms with E-state index in [0.717, 1.165) is 24.6 Å². The number of phenolic OH excluding ortho intramolecular Hbond substituents is 1. The quantitative estimate of drug-likeness (QED) is 0.870. The first kappa shape index (κ1) is 12.7. The molecule has 1 N–H and O–H groups in total.